The summed E-state index contributed by atoms with van der Waals surface area (Å²) in [5.74, 6) is 0.547. The van der Waals surface area contributed by atoms with Gasteiger partial charge in [0.2, 0.25) is 0 Å². The van der Waals surface area contributed by atoms with Crippen LogP contribution in [0.1, 0.15) is 23.2 Å². The largest absolute Gasteiger partial charge is 0.495 e. The number of hydrogen-bond donors (Lipinski definition) is 1. The number of nitrogen functional groups attached to an aromatic ring is 1. The Balaban J connectivity index is 2.23. The average Bonchev–Trinajstić information content (AvgIpc) is 3.20. The van der Waals surface area contributed by atoms with Crippen LogP contribution in [0.3, 0.4) is 0 Å². The first-order valence-electron chi connectivity index (χ1n) is 6.02. The van der Waals surface area contributed by atoms with Gasteiger partial charge < -0.3 is 15.4 Å². The van der Waals surface area contributed by atoms with Gasteiger partial charge in [0.25, 0.3) is 5.91 Å². The molecule has 0 bridgehead atoms. The minimum atomic E-state index is 0.00991. The van der Waals surface area contributed by atoms with E-state index >= 15 is 0 Å². The van der Waals surface area contributed by atoms with E-state index in [1.165, 1.54) is 0 Å². The molecule has 1 fully saturated rings. The number of amides is 1. The van der Waals surface area contributed by atoms with Crippen LogP contribution in [-0.4, -0.2) is 30.5 Å². The first kappa shape index (κ1) is 12.5. The van der Waals surface area contributed by atoms with Gasteiger partial charge in [0.15, 0.2) is 0 Å². The smallest absolute Gasteiger partial charge is 0.254 e. The number of anilines is 1. The monoisotopic (exact) mass is 246 g/mol. The zero-order valence-corrected chi connectivity index (χ0v) is 10.6. The molecule has 1 aliphatic rings. The van der Waals surface area contributed by atoms with Crippen molar-refractivity contribution in [3.8, 4) is 5.75 Å². The lowest BCUT2D eigenvalue weighted by Crippen LogP contribution is -2.33. The van der Waals surface area contributed by atoms with E-state index in [2.05, 4.69) is 6.58 Å². The molecule has 0 saturated heterocycles. The Kier molecular flexibility index (Phi) is 3.55. The van der Waals surface area contributed by atoms with E-state index in [1.807, 2.05) is 4.90 Å². The second-order valence-corrected chi connectivity index (χ2v) is 4.43. The minimum Gasteiger partial charge on any atom is -0.495 e. The summed E-state index contributed by atoms with van der Waals surface area (Å²) in [4.78, 5) is 14.2. The van der Waals surface area contributed by atoms with Crippen LogP contribution in [0.15, 0.2) is 30.9 Å². The second-order valence-electron chi connectivity index (χ2n) is 4.43. The van der Waals surface area contributed by atoms with E-state index in [9.17, 15) is 4.79 Å². The fraction of sp³-hybridized carbons (Fsp3) is 0.357. The zero-order valence-electron chi connectivity index (χ0n) is 10.6. The van der Waals surface area contributed by atoms with Gasteiger partial charge in [-0.15, -0.1) is 6.58 Å². The Bertz CT molecular complexity index is 467. The fourth-order valence-corrected chi connectivity index (χ4v) is 1.93. The Morgan fingerprint density at radius 1 is 1.61 bits per heavy atom. The molecule has 18 heavy (non-hydrogen) atoms. The standard InChI is InChI=1S/C14H18N2O2/c1-3-8-16(11-5-6-11)14(17)10-4-7-12(15)13(9-10)18-2/h3-4,7,9,11H,1,5-6,8,15H2,2H3. The summed E-state index contributed by atoms with van der Waals surface area (Å²) in [6, 6.07) is 5.49. The van der Waals surface area contributed by atoms with Crippen molar-refractivity contribution < 1.29 is 9.53 Å². The molecule has 1 amide bonds. The lowest BCUT2D eigenvalue weighted by Gasteiger charge is -2.21. The van der Waals surface area contributed by atoms with Gasteiger partial charge in [-0.2, -0.15) is 0 Å². The molecule has 1 saturated carbocycles. The zero-order chi connectivity index (χ0) is 13.1. The van der Waals surface area contributed by atoms with Crippen LogP contribution < -0.4 is 10.5 Å². The van der Waals surface area contributed by atoms with Crippen molar-refractivity contribution in [3.05, 3.63) is 36.4 Å². The van der Waals surface area contributed by atoms with Crippen molar-refractivity contribution in [1.82, 2.24) is 4.90 Å². The third-order valence-electron chi connectivity index (χ3n) is 3.05. The van der Waals surface area contributed by atoms with E-state index < -0.39 is 0 Å². The van der Waals surface area contributed by atoms with Gasteiger partial charge in [-0.25, -0.2) is 0 Å². The summed E-state index contributed by atoms with van der Waals surface area (Å²) in [6.07, 6.45) is 3.90. The van der Waals surface area contributed by atoms with Gasteiger partial charge in [-0.05, 0) is 31.0 Å². The van der Waals surface area contributed by atoms with Crippen molar-refractivity contribution in [2.45, 2.75) is 18.9 Å². The van der Waals surface area contributed by atoms with Crippen molar-refractivity contribution >= 4 is 11.6 Å². The Hall–Kier alpha value is -1.97. The van der Waals surface area contributed by atoms with E-state index in [4.69, 9.17) is 10.5 Å². The topological polar surface area (TPSA) is 55.6 Å². The molecule has 1 aromatic carbocycles. The number of nitrogens with two attached hydrogens (primary N) is 1. The SMILES string of the molecule is C=CCN(C(=O)c1ccc(N)c(OC)c1)C1CC1. The molecule has 1 aromatic rings. The molecule has 0 aromatic heterocycles. The molecular formula is C14H18N2O2. The minimum absolute atomic E-state index is 0.00991. The highest BCUT2D eigenvalue weighted by Gasteiger charge is 2.32. The number of hydrogen-bond acceptors (Lipinski definition) is 3. The van der Waals surface area contributed by atoms with Crippen LogP contribution in [0.25, 0.3) is 0 Å². The quantitative estimate of drug-likeness (QED) is 0.639. The highest BCUT2D eigenvalue weighted by molar-refractivity contribution is 5.95. The van der Waals surface area contributed by atoms with Gasteiger partial charge in [0.1, 0.15) is 5.75 Å². The molecular weight excluding hydrogens is 228 g/mol. The van der Waals surface area contributed by atoms with Crippen molar-refractivity contribution in [3.63, 3.8) is 0 Å². The van der Waals surface area contributed by atoms with Gasteiger partial charge in [-0.3, -0.25) is 4.79 Å². The van der Waals surface area contributed by atoms with Crippen LogP contribution in [0.4, 0.5) is 5.69 Å². The Labute approximate surface area is 107 Å². The number of ether oxygens (including phenoxy) is 1. The normalized spacial score (nSPS) is 14.1. The maximum atomic E-state index is 12.4. The molecule has 2 rings (SSSR count). The first-order chi connectivity index (χ1) is 8.67. The predicted octanol–water partition coefficient (Wildman–Crippen LogP) is 2.07. The van der Waals surface area contributed by atoms with Gasteiger partial charge >= 0.3 is 0 Å². The number of methoxy groups -OCH3 is 1. The second kappa shape index (κ2) is 5.12. The molecule has 0 radical (unpaired) electrons. The summed E-state index contributed by atoms with van der Waals surface area (Å²) in [5.41, 5.74) is 6.88. The molecule has 1 aliphatic carbocycles. The lowest BCUT2D eigenvalue weighted by atomic mass is 10.1. The first-order valence-corrected chi connectivity index (χ1v) is 6.02. The van der Waals surface area contributed by atoms with E-state index in [-0.39, 0.29) is 5.91 Å². The third-order valence-corrected chi connectivity index (χ3v) is 3.05. The number of benzene rings is 1. The summed E-state index contributed by atoms with van der Waals surface area (Å²) in [5, 5.41) is 0. The molecule has 0 unspecified atom stereocenters. The van der Waals surface area contributed by atoms with Crippen LogP contribution in [-0.2, 0) is 0 Å². The van der Waals surface area contributed by atoms with Crippen molar-refractivity contribution in [2.24, 2.45) is 0 Å². The van der Waals surface area contributed by atoms with Crippen LogP contribution in [0, 0.1) is 0 Å². The van der Waals surface area contributed by atoms with E-state index in [1.54, 1.807) is 31.4 Å². The van der Waals surface area contributed by atoms with Crippen molar-refractivity contribution in [2.75, 3.05) is 19.4 Å². The maximum Gasteiger partial charge on any atom is 0.254 e. The molecule has 4 nitrogen and oxygen atoms in total. The molecule has 0 aliphatic heterocycles. The fourth-order valence-electron chi connectivity index (χ4n) is 1.93. The number of nitrogens with zero attached hydrogens (tertiary/aromatic N) is 1. The summed E-state index contributed by atoms with van der Waals surface area (Å²) in [6.45, 7) is 4.28. The highest BCUT2D eigenvalue weighted by Crippen LogP contribution is 2.29. The van der Waals surface area contributed by atoms with Crippen LogP contribution in [0.5, 0.6) is 5.75 Å². The molecule has 2 N–H and O–H groups in total. The van der Waals surface area contributed by atoms with Gasteiger partial charge in [0, 0.05) is 18.2 Å². The predicted molar refractivity (Wildman–Crippen MR) is 71.7 cm³/mol. The summed E-state index contributed by atoms with van der Waals surface area (Å²) in [7, 11) is 1.54. The Morgan fingerprint density at radius 2 is 2.33 bits per heavy atom. The maximum absolute atomic E-state index is 12.4. The van der Waals surface area contributed by atoms with Gasteiger partial charge in [0.05, 0.1) is 12.8 Å². The molecule has 4 heteroatoms. The molecule has 0 spiro atoms. The Morgan fingerprint density at radius 3 is 2.89 bits per heavy atom. The molecule has 96 valence electrons. The number of rotatable bonds is 5. The number of carbonyl (C=O) groups is 1. The third kappa shape index (κ3) is 2.47. The van der Waals surface area contributed by atoms with Crippen LogP contribution >= 0.6 is 0 Å². The van der Waals surface area contributed by atoms with Crippen molar-refractivity contribution in [1.29, 1.82) is 0 Å². The highest BCUT2D eigenvalue weighted by atomic mass is 16.5. The van der Waals surface area contributed by atoms with E-state index in [0.717, 1.165) is 12.8 Å². The molecule has 0 heterocycles. The summed E-state index contributed by atoms with van der Waals surface area (Å²) >= 11 is 0. The number of carbonyl (C=O) groups excluding carboxylic acids is 1. The van der Waals surface area contributed by atoms with Crippen LogP contribution in [0.2, 0.25) is 0 Å². The van der Waals surface area contributed by atoms with Gasteiger partial charge in [-0.1, -0.05) is 6.08 Å². The lowest BCUT2D eigenvalue weighted by molar-refractivity contribution is 0.0762. The average molecular weight is 246 g/mol. The summed E-state index contributed by atoms with van der Waals surface area (Å²) < 4.78 is 5.14. The molecule has 0 atom stereocenters. The van der Waals surface area contributed by atoms with E-state index in [0.29, 0.717) is 29.6 Å².